The van der Waals surface area contributed by atoms with Gasteiger partial charge in [-0.15, -0.1) is 11.3 Å². The van der Waals surface area contributed by atoms with Crippen LogP contribution in [0.4, 0.5) is 5.13 Å². The van der Waals surface area contributed by atoms with E-state index in [0.717, 1.165) is 43.9 Å². The Morgan fingerprint density at radius 2 is 1.96 bits per heavy atom. The van der Waals surface area contributed by atoms with E-state index in [1.54, 1.807) is 18.3 Å². The van der Waals surface area contributed by atoms with E-state index in [2.05, 4.69) is 10.3 Å². The van der Waals surface area contributed by atoms with Gasteiger partial charge in [0, 0.05) is 31.3 Å². The van der Waals surface area contributed by atoms with Crippen LogP contribution in [0, 0.1) is 5.92 Å². The molecule has 1 N–H and O–H groups in total. The van der Waals surface area contributed by atoms with Crippen molar-refractivity contribution in [1.29, 1.82) is 0 Å². The fraction of sp³-hybridized carbons (Fsp3) is 0.706. The third-order valence-corrected chi connectivity index (χ3v) is 5.95. The van der Waals surface area contributed by atoms with Crippen molar-refractivity contribution in [1.82, 2.24) is 9.88 Å². The van der Waals surface area contributed by atoms with Crippen LogP contribution in [-0.4, -0.2) is 34.8 Å². The molecule has 0 aromatic carbocycles. The van der Waals surface area contributed by atoms with Crippen molar-refractivity contribution >= 4 is 28.3 Å². The van der Waals surface area contributed by atoms with Gasteiger partial charge in [0.2, 0.25) is 11.8 Å². The fourth-order valence-electron chi connectivity index (χ4n) is 3.47. The van der Waals surface area contributed by atoms with Crippen molar-refractivity contribution in [3.63, 3.8) is 0 Å². The molecule has 6 heteroatoms. The first-order chi connectivity index (χ1) is 11.1. The number of hydrogen-bond acceptors (Lipinski definition) is 4. The maximum atomic E-state index is 12.3. The number of aromatic nitrogens is 1. The van der Waals surface area contributed by atoms with Crippen molar-refractivity contribution in [3.8, 4) is 0 Å². The molecule has 1 aromatic rings. The van der Waals surface area contributed by atoms with Crippen molar-refractivity contribution in [3.05, 3.63) is 10.6 Å². The number of rotatable bonds is 3. The molecule has 1 aliphatic carbocycles. The highest BCUT2D eigenvalue weighted by Gasteiger charge is 2.23. The zero-order valence-corrected chi connectivity index (χ0v) is 14.6. The molecule has 0 saturated carbocycles. The van der Waals surface area contributed by atoms with Crippen LogP contribution in [0.25, 0.3) is 0 Å². The molecule has 1 fully saturated rings. The zero-order valence-electron chi connectivity index (χ0n) is 13.8. The lowest BCUT2D eigenvalue weighted by atomic mass is 9.93. The predicted molar refractivity (Wildman–Crippen MR) is 91.6 cm³/mol. The van der Waals surface area contributed by atoms with Crippen LogP contribution in [0.2, 0.25) is 0 Å². The van der Waals surface area contributed by atoms with Crippen LogP contribution < -0.4 is 5.32 Å². The van der Waals surface area contributed by atoms with Gasteiger partial charge in [-0.3, -0.25) is 9.59 Å². The topological polar surface area (TPSA) is 62.3 Å². The molecule has 0 bridgehead atoms. The predicted octanol–water partition coefficient (Wildman–Crippen LogP) is 3.00. The van der Waals surface area contributed by atoms with E-state index < -0.39 is 0 Å². The van der Waals surface area contributed by atoms with E-state index in [9.17, 15) is 9.59 Å². The second-order valence-corrected chi connectivity index (χ2v) is 7.73. The van der Waals surface area contributed by atoms with Crippen LogP contribution in [0.3, 0.4) is 0 Å². The van der Waals surface area contributed by atoms with E-state index in [1.807, 2.05) is 4.90 Å². The molecule has 0 radical (unpaired) electrons. The average Bonchev–Trinajstić information content (AvgIpc) is 2.76. The Balaban J connectivity index is 1.49. The summed E-state index contributed by atoms with van der Waals surface area (Å²) in [4.78, 5) is 31.4. The third kappa shape index (κ3) is 4.31. The number of aryl methyl sites for hydroxylation is 2. The molecule has 1 aliphatic heterocycles. The minimum absolute atomic E-state index is 0.0650. The standard InChI is InChI=1S/C17H25N3O2S/c1-12(21)20-9-7-13(8-10-20)11-16(22)19-17-18-14-5-3-2-4-6-15(14)23-17/h13H,2-11H2,1H3,(H,18,19,22). The van der Waals surface area contributed by atoms with Crippen LogP contribution in [0.15, 0.2) is 0 Å². The van der Waals surface area contributed by atoms with Crippen molar-refractivity contribution in [2.45, 2.75) is 58.3 Å². The number of likely N-dealkylation sites (tertiary alicyclic amines) is 1. The minimum Gasteiger partial charge on any atom is -0.343 e. The van der Waals surface area contributed by atoms with Crippen LogP contribution in [0.5, 0.6) is 0 Å². The Labute approximate surface area is 141 Å². The maximum absolute atomic E-state index is 12.3. The maximum Gasteiger partial charge on any atom is 0.226 e. The molecule has 0 spiro atoms. The van der Waals surface area contributed by atoms with E-state index in [4.69, 9.17) is 0 Å². The van der Waals surface area contributed by atoms with Gasteiger partial charge in [0.25, 0.3) is 0 Å². The Morgan fingerprint density at radius 1 is 1.22 bits per heavy atom. The number of piperidine rings is 1. The zero-order chi connectivity index (χ0) is 16.2. The molecule has 5 nitrogen and oxygen atoms in total. The number of fused-ring (bicyclic) bond motifs is 1. The summed E-state index contributed by atoms with van der Waals surface area (Å²) in [5.41, 5.74) is 1.19. The van der Waals surface area contributed by atoms with Gasteiger partial charge in [0.1, 0.15) is 0 Å². The molecule has 0 atom stereocenters. The van der Waals surface area contributed by atoms with Gasteiger partial charge in [-0.2, -0.15) is 0 Å². The average molecular weight is 335 g/mol. The summed E-state index contributed by atoms with van der Waals surface area (Å²) >= 11 is 1.65. The number of carbonyl (C=O) groups is 2. The summed E-state index contributed by atoms with van der Waals surface area (Å²) in [6.45, 7) is 3.16. The number of carbonyl (C=O) groups excluding carboxylic acids is 2. The Hall–Kier alpha value is -1.43. The molecular formula is C17H25N3O2S. The summed E-state index contributed by atoms with van der Waals surface area (Å²) in [5, 5.41) is 3.76. The van der Waals surface area contributed by atoms with E-state index in [0.29, 0.717) is 12.3 Å². The monoisotopic (exact) mass is 335 g/mol. The van der Waals surface area contributed by atoms with Gasteiger partial charge in [0.15, 0.2) is 5.13 Å². The van der Waals surface area contributed by atoms with E-state index in [1.165, 1.54) is 29.8 Å². The van der Waals surface area contributed by atoms with Gasteiger partial charge in [-0.1, -0.05) is 6.42 Å². The number of thiazole rings is 1. The van der Waals surface area contributed by atoms with Crippen molar-refractivity contribution in [2.24, 2.45) is 5.92 Å². The van der Waals surface area contributed by atoms with Crippen LogP contribution >= 0.6 is 11.3 Å². The first kappa shape index (κ1) is 16.4. The van der Waals surface area contributed by atoms with Gasteiger partial charge in [0.05, 0.1) is 5.69 Å². The lowest BCUT2D eigenvalue weighted by Gasteiger charge is -2.30. The molecular weight excluding hydrogens is 310 g/mol. The lowest BCUT2D eigenvalue weighted by Crippen LogP contribution is -2.37. The second-order valence-electron chi connectivity index (χ2n) is 6.65. The quantitative estimate of drug-likeness (QED) is 0.864. The fourth-order valence-corrected chi connectivity index (χ4v) is 4.53. The molecule has 2 aliphatic rings. The lowest BCUT2D eigenvalue weighted by molar-refractivity contribution is -0.130. The second kappa shape index (κ2) is 7.43. The highest BCUT2D eigenvalue weighted by molar-refractivity contribution is 7.15. The molecule has 23 heavy (non-hydrogen) atoms. The third-order valence-electron chi connectivity index (χ3n) is 4.88. The Kier molecular flexibility index (Phi) is 5.30. The number of amides is 2. The van der Waals surface area contributed by atoms with Gasteiger partial charge in [-0.05, 0) is 44.4 Å². The van der Waals surface area contributed by atoms with Crippen LogP contribution in [0.1, 0.15) is 56.0 Å². The molecule has 2 amide bonds. The van der Waals surface area contributed by atoms with Crippen molar-refractivity contribution in [2.75, 3.05) is 18.4 Å². The number of anilines is 1. The van der Waals surface area contributed by atoms with E-state index >= 15 is 0 Å². The molecule has 2 heterocycles. The van der Waals surface area contributed by atoms with E-state index in [-0.39, 0.29) is 11.8 Å². The summed E-state index contributed by atoms with van der Waals surface area (Å²) in [7, 11) is 0. The number of hydrogen-bond donors (Lipinski definition) is 1. The normalized spacial score (nSPS) is 19.1. The smallest absolute Gasteiger partial charge is 0.226 e. The van der Waals surface area contributed by atoms with Gasteiger partial charge >= 0.3 is 0 Å². The molecule has 126 valence electrons. The highest BCUT2D eigenvalue weighted by atomic mass is 32.1. The summed E-state index contributed by atoms with van der Waals surface area (Å²) < 4.78 is 0. The summed E-state index contributed by atoms with van der Waals surface area (Å²) in [5.74, 6) is 0.579. The highest BCUT2D eigenvalue weighted by Crippen LogP contribution is 2.29. The first-order valence-corrected chi connectivity index (χ1v) is 9.47. The Bertz CT molecular complexity index is 553. The molecule has 1 saturated heterocycles. The number of nitrogens with zero attached hydrogens (tertiary/aromatic N) is 2. The minimum atomic E-state index is 0.0650. The van der Waals surface area contributed by atoms with Crippen molar-refractivity contribution < 1.29 is 9.59 Å². The van der Waals surface area contributed by atoms with Crippen LogP contribution in [-0.2, 0) is 22.4 Å². The molecule has 1 aromatic heterocycles. The summed E-state index contributed by atoms with van der Waals surface area (Å²) in [6.07, 6.45) is 8.25. The SMILES string of the molecule is CC(=O)N1CCC(CC(=O)Nc2nc3c(s2)CCCCC3)CC1. The van der Waals surface area contributed by atoms with Gasteiger partial charge in [-0.25, -0.2) is 4.98 Å². The summed E-state index contributed by atoms with van der Waals surface area (Å²) in [6, 6.07) is 0. The largest absolute Gasteiger partial charge is 0.343 e. The Morgan fingerprint density at radius 3 is 2.70 bits per heavy atom. The molecule has 3 rings (SSSR count). The first-order valence-electron chi connectivity index (χ1n) is 8.66. The molecule has 0 unspecified atom stereocenters. The number of nitrogens with one attached hydrogen (secondary N) is 1. The van der Waals surface area contributed by atoms with Gasteiger partial charge < -0.3 is 10.2 Å².